The van der Waals surface area contributed by atoms with Crippen molar-refractivity contribution in [3.05, 3.63) is 54.2 Å². The van der Waals surface area contributed by atoms with Gasteiger partial charge in [-0.05, 0) is 31.2 Å². The Labute approximate surface area is 158 Å². The summed E-state index contributed by atoms with van der Waals surface area (Å²) in [6, 6.07) is 12.9. The number of para-hydroxylation sites is 1. The number of anilines is 2. The molecule has 3 rings (SSSR count). The molecule has 1 N–H and O–H groups in total. The van der Waals surface area contributed by atoms with Gasteiger partial charge in [-0.25, -0.2) is 9.78 Å². The molecule has 1 saturated heterocycles. The number of hydrogen-bond donors (Lipinski definition) is 1. The maximum absolute atomic E-state index is 12.5. The van der Waals surface area contributed by atoms with Crippen molar-refractivity contribution < 1.29 is 14.3 Å². The number of benzene rings is 1. The van der Waals surface area contributed by atoms with Gasteiger partial charge in [-0.2, -0.15) is 0 Å². The van der Waals surface area contributed by atoms with Gasteiger partial charge in [0.15, 0.2) is 0 Å². The van der Waals surface area contributed by atoms with Gasteiger partial charge in [0.25, 0.3) is 0 Å². The summed E-state index contributed by atoms with van der Waals surface area (Å²) < 4.78 is 5.06. The summed E-state index contributed by atoms with van der Waals surface area (Å²) in [5.41, 5.74) is 1.04. The fourth-order valence-electron chi connectivity index (χ4n) is 3.03. The van der Waals surface area contributed by atoms with Crippen LogP contribution in [0.4, 0.5) is 11.5 Å². The number of rotatable bonds is 6. The Morgan fingerprint density at radius 3 is 2.52 bits per heavy atom. The average Bonchev–Trinajstić information content (AvgIpc) is 2.73. The van der Waals surface area contributed by atoms with Gasteiger partial charge >= 0.3 is 5.97 Å². The van der Waals surface area contributed by atoms with Crippen molar-refractivity contribution in [1.82, 2.24) is 9.88 Å². The van der Waals surface area contributed by atoms with Crippen molar-refractivity contribution >= 4 is 23.4 Å². The lowest BCUT2D eigenvalue weighted by Crippen LogP contribution is -2.50. The van der Waals surface area contributed by atoms with Crippen molar-refractivity contribution in [2.75, 3.05) is 49.5 Å². The minimum absolute atomic E-state index is 0.00864. The fourth-order valence-corrected chi connectivity index (χ4v) is 3.03. The van der Waals surface area contributed by atoms with Crippen LogP contribution in [-0.4, -0.2) is 61.1 Å². The minimum Gasteiger partial charge on any atom is -0.462 e. The molecule has 2 heterocycles. The molecule has 142 valence electrons. The second-order valence-electron chi connectivity index (χ2n) is 6.18. The number of nitrogens with one attached hydrogen (secondary N) is 1. The molecule has 0 bridgehead atoms. The molecule has 0 atom stereocenters. The first-order chi connectivity index (χ1) is 13.2. The summed E-state index contributed by atoms with van der Waals surface area (Å²) in [6.45, 7) is 5.02. The largest absolute Gasteiger partial charge is 0.462 e. The van der Waals surface area contributed by atoms with Gasteiger partial charge < -0.3 is 19.9 Å². The Kier molecular flexibility index (Phi) is 6.25. The van der Waals surface area contributed by atoms with E-state index in [1.807, 2.05) is 29.2 Å². The third-order valence-corrected chi connectivity index (χ3v) is 4.46. The lowest BCUT2D eigenvalue weighted by Gasteiger charge is -2.35. The van der Waals surface area contributed by atoms with Crippen LogP contribution in [0.15, 0.2) is 48.7 Å². The Morgan fingerprint density at radius 2 is 1.81 bits per heavy atom. The topological polar surface area (TPSA) is 74.8 Å². The molecule has 7 nitrogen and oxygen atoms in total. The molecule has 1 aromatic carbocycles. The summed E-state index contributed by atoms with van der Waals surface area (Å²) >= 11 is 0. The molecule has 7 heteroatoms. The monoisotopic (exact) mass is 368 g/mol. The van der Waals surface area contributed by atoms with Crippen LogP contribution >= 0.6 is 0 Å². The molecule has 1 amide bonds. The van der Waals surface area contributed by atoms with Gasteiger partial charge in [0.2, 0.25) is 5.91 Å². The van der Waals surface area contributed by atoms with Gasteiger partial charge in [-0.3, -0.25) is 4.79 Å². The van der Waals surface area contributed by atoms with Crippen LogP contribution in [0.1, 0.15) is 17.3 Å². The number of nitrogens with zero attached hydrogens (tertiary/aromatic N) is 3. The number of aromatic nitrogens is 1. The molecule has 1 fully saturated rings. The zero-order chi connectivity index (χ0) is 19.1. The molecule has 1 aromatic heterocycles. The SMILES string of the molecule is CCOC(=O)c1ccccc1NCC(=O)N1CCN(c2ccccn2)CC1. The molecule has 2 aromatic rings. The number of carbonyl (C=O) groups is 2. The van der Waals surface area contributed by atoms with Crippen LogP contribution in [0.5, 0.6) is 0 Å². The van der Waals surface area contributed by atoms with E-state index in [0.29, 0.717) is 30.9 Å². The summed E-state index contributed by atoms with van der Waals surface area (Å²) in [4.78, 5) is 32.9. The Bertz CT molecular complexity index is 774. The van der Waals surface area contributed by atoms with E-state index >= 15 is 0 Å². The second-order valence-corrected chi connectivity index (χ2v) is 6.18. The highest BCUT2D eigenvalue weighted by Gasteiger charge is 2.22. The molecule has 0 spiro atoms. The van der Waals surface area contributed by atoms with Crippen molar-refractivity contribution in [2.45, 2.75) is 6.92 Å². The zero-order valence-electron chi connectivity index (χ0n) is 15.4. The van der Waals surface area contributed by atoms with E-state index in [1.54, 1.807) is 31.3 Å². The van der Waals surface area contributed by atoms with E-state index in [2.05, 4.69) is 15.2 Å². The first kappa shape index (κ1) is 18.7. The number of amides is 1. The van der Waals surface area contributed by atoms with Crippen LogP contribution in [-0.2, 0) is 9.53 Å². The van der Waals surface area contributed by atoms with E-state index in [4.69, 9.17) is 4.74 Å². The Morgan fingerprint density at radius 1 is 1.07 bits per heavy atom. The van der Waals surface area contributed by atoms with Gasteiger partial charge in [-0.15, -0.1) is 0 Å². The second kappa shape index (κ2) is 9.02. The molecule has 1 aliphatic heterocycles. The quantitative estimate of drug-likeness (QED) is 0.787. The van der Waals surface area contributed by atoms with E-state index in [9.17, 15) is 9.59 Å². The van der Waals surface area contributed by atoms with Crippen molar-refractivity contribution in [3.63, 3.8) is 0 Å². The molecular weight excluding hydrogens is 344 g/mol. The van der Waals surface area contributed by atoms with E-state index in [-0.39, 0.29) is 12.5 Å². The smallest absolute Gasteiger partial charge is 0.340 e. The number of piperazine rings is 1. The third kappa shape index (κ3) is 4.75. The molecule has 0 saturated carbocycles. The summed E-state index contributed by atoms with van der Waals surface area (Å²) in [6.07, 6.45) is 1.78. The Hall–Kier alpha value is -3.09. The first-order valence-electron chi connectivity index (χ1n) is 9.13. The van der Waals surface area contributed by atoms with Gasteiger partial charge in [0.05, 0.1) is 18.7 Å². The summed E-state index contributed by atoms with van der Waals surface area (Å²) in [7, 11) is 0. The molecule has 1 aliphatic rings. The standard InChI is InChI=1S/C20H24N4O3/c1-2-27-20(26)16-7-3-4-8-17(16)22-15-19(25)24-13-11-23(12-14-24)18-9-5-6-10-21-18/h3-10,22H,2,11-15H2,1H3. The molecular formula is C20H24N4O3. The lowest BCUT2D eigenvalue weighted by atomic mass is 10.2. The fraction of sp³-hybridized carbons (Fsp3) is 0.350. The molecule has 0 aliphatic carbocycles. The third-order valence-electron chi connectivity index (χ3n) is 4.46. The Balaban J connectivity index is 1.53. The van der Waals surface area contributed by atoms with Gasteiger partial charge in [0.1, 0.15) is 5.82 Å². The average molecular weight is 368 g/mol. The minimum atomic E-state index is -0.392. The van der Waals surface area contributed by atoms with Crippen molar-refractivity contribution in [3.8, 4) is 0 Å². The number of hydrogen-bond acceptors (Lipinski definition) is 6. The van der Waals surface area contributed by atoms with Crippen LogP contribution in [0.2, 0.25) is 0 Å². The summed E-state index contributed by atoms with van der Waals surface area (Å²) in [5.74, 6) is 0.553. The van der Waals surface area contributed by atoms with E-state index < -0.39 is 5.97 Å². The van der Waals surface area contributed by atoms with Gasteiger partial charge in [0, 0.05) is 38.1 Å². The first-order valence-corrected chi connectivity index (χ1v) is 9.13. The maximum Gasteiger partial charge on any atom is 0.340 e. The van der Waals surface area contributed by atoms with Crippen molar-refractivity contribution in [2.24, 2.45) is 0 Å². The predicted octanol–water partition coefficient (Wildman–Crippen LogP) is 2.02. The molecule has 0 radical (unpaired) electrons. The van der Waals surface area contributed by atoms with Gasteiger partial charge in [-0.1, -0.05) is 18.2 Å². The number of ether oxygens (including phenoxy) is 1. The number of esters is 1. The van der Waals surface area contributed by atoms with E-state index in [1.165, 1.54) is 0 Å². The summed E-state index contributed by atoms with van der Waals surface area (Å²) in [5, 5.41) is 3.07. The highest BCUT2D eigenvalue weighted by atomic mass is 16.5. The zero-order valence-corrected chi connectivity index (χ0v) is 15.4. The van der Waals surface area contributed by atoms with Crippen LogP contribution in [0, 0.1) is 0 Å². The number of pyridine rings is 1. The normalized spacial score (nSPS) is 14.0. The van der Waals surface area contributed by atoms with Crippen LogP contribution in [0.25, 0.3) is 0 Å². The highest BCUT2D eigenvalue weighted by Crippen LogP contribution is 2.17. The van der Waals surface area contributed by atoms with Crippen LogP contribution < -0.4 is 10.2 Å². The highest BCUT2D eigenvalue weighted by molar-refractivity contribution is 5.96. The lowest BCUT2D eigenvalue weighted by molar-refractivity contribution is -0.129. The molecule has 27 heavy (non-hydrogen) atoms. The number of carbonyl (C=O) groups excluding carboxylic acids is 2. The maximum atomic E-state index is 12.5. The van der Waals surface area contributed by atoms with Crippen molar-refractivity contribution in [1.29, 1.82) is 0 Å². The molecule has 0 unspecified atom stereocenters. The predicted molar refractivity (Wildman–Crippen MR) is 104 cm³/mol. The van der Waals surface area contributed by atoms with Crippen LogP contribution in [0.3, 0.4) is 0 Å². The van der Waals surface area contributed by atoms with E-state index in [0.717, 1.165) is 18.9 Å².